The maximum absolute atomic E-state index is 11.9. The third-order valence-corrected chi connectivity index (χ3v) is 5.64. The second-order valence-corrected chi connectivity index (χ2v) is 7.67. The molecule has 0 atom stereocenters. The van der Waals surface area contributed by atoms with E-state index in [1.54, 1.807) is 6.26 Å². The van der Waals surface area contributed by atoms with Gasteiger partial charge in [0.1, 0.15) is 6.26 Å². The van der Waals surface area contributed by atoms with Gasteiger partial charge in [0, 0.05) is 32.5 Å². The number of carbonyl (C=O) groups excluding carboxylic acids is 1. The Morgan fingerprint density at radius 1 is 1.22 bits per heavy atom. The maximum Gasteiger partial charge on any atom is 0.222 e. The molecule has 2 aliphatic heterocycles. The minimum absolute atomic E-state index is 0.313. The van der Waals surface area contributed by atoms with Gasteiger partial charge in [0.2, 0.25) is 5.91 Å². The lowest BCUT2D eigenvalue weighted by Crippen LogP contribution is -2.40. The van der Waals surface area contributed by atoms with Crippen LogP contribution in [0.25, 0.3) is 0 Å². The number of carbonyl (C=O) groups is 1. The summed E-state index contributed by atoms with van der Waals surface area (Å²) in [5.41, 5.74) is 1.42. The standard InChI is InChI=1S/C18H29N3O2/c1-14(2)17-19-15(13-23-17)12-21-10-7-18(8-11-21)5-4-16(22)20(3)9-6-18/h13-14H,4-12H2,1-3H3. The van der Waals surface area contributed by atoms with Crippen LogP contribution in [0.1, 0.15) is 63.5 Å². The highest BCUT2D eigenvalue weighted by molar-refractivity contribution is 5.76. The number of oxazole rings is 1. The Bertz CT molecular complexity index is 544. The molecule has 5 nitrogen and oxygen atoms in total. The Kier molecular flexibility index (Phi) is 4.76. The van der Waals surface area contributed by atoms with E-state index in [0.29, 0.717) is 17.2 Å². The molecule has 1 aromatic heterocycles. The van der Waals surface area contributed by atoms with Crippen molar-refractivity contribution in [3.8, 4) is 0 Å². The second kappa shape index (κ2) is 6.63. The average Bonchev–Trinajstić information content (AvgIpc) is 2.96. The first-order chi connectivity index (χ1) is 11.0. The maximum atomic E-state index is 11.9. The molecule has 3 rings (SSSR count). The number of hydrogen-bond acceptors (Lipinski definition) is 4. The van der Waals surface area contributed by atoms with Crippen LogP contribution in [0.4, 0.5) is 0 Å². The fourth-order valence-electron chi connectivity index (χ4n) is 3.79. The average molecular weight is 319 g/mol. The van der Waals surface area contributed by atoms with E-state index in [1.807, 2.05) is 11.9 Å². The van der Waals surface area contributed by atoms with E-state index in [4.69, 9.17) is 4.42 Å². The molecule has 2 aliphatic rings. The van der Waals surface area contributed by atoms with Crippen molar-refractivity contribution in [2.24, 2.45) is 5.41 Å². The molecule has 1 aromatic rings. The Morgan fingerprint density at radius 2 is 1.91 bits per heavy atom. The van der Waals surface area contributed by atoms with Gasteiger partial charge in [0.25, 0.3) is 0 Å². The van der Waals surface area contributed by atoms with Gasteiger partial charge >= 0.3 is 0 Å². The number of hydrogen-bond donors (Lipinski definition) is 0. The molecular weight excluding hydrogens is 290 g/mol. The molecule has 0 unspecified atom stereocenters. The van der Waals surface area contributed by atoms with E-state index < -0.39 is 0 Å². The SMILES string of the molecule is CC(C)c1nc(CN2CCC3(CCC(=O)N(C)CC3)CC2)co1. The summed E-state index contributed by atoms with van der Waals surface area (Å²) in [5, 5.41) is 0. The lowest BCUT2D eigenvalue weighted by atomic mass is 9.73. The van der Waals surface area contributed by atoms with Gasteiger partial charge in [0.15, 0.2) is 5.89 Å². The van der Waals surface area contributed by atoms with Crippen LogP contribution >= 0.6 is 0 Å². The minimum Gasteiger partial charge on any atom is -0.448 e. The van der Waals surface area contributed by atoms with Crippen molar-refractivity contribution < 1.29 is 9.21 Å². The monoisotopic (exact) mass is 319 g/mol. The van der Waals surface area contributed by atoms with E-state index in [-0.39, 0.29) is 0 Å². The number of likely N-dealkylation sites (tertiary alicyclic amines) is 2. The number of nitrogens with zero attached hydrogens (tertiary/aromatic N) is 3. The molecule has 5 heteroatoms. The normalized spacial score (nSPS) is 22.8. The molecule has 2 saturated heterocycles. The van der Waals surface area contributed by atoms with Crippen LogP contribution in [-0.2, 0) is 11.3 Å². The molecule has 128 valence electrons. The molecule has 0 saturated carbocycles. The lowest BCUT2D eigenvalue weighted by molar-refractivity contribution is -0.129. The van der Waals surface area contributed by atoms with Gasteiger partial charge in [0.05, 0.1) is 5.69 Å². The Hall–Kier alpha value is -1.36. The number of piperidine rings is 1. The van der Waals surface area contributed by atoms with Gasteiger partial charge in [-0.15, -0.1) is 0 Å². The van der Waals surface area contributed by atoms with Crippen LogP contribution in [0.2, 0.25) is 0 Å². The highest BCUT2D eigenvalue weighted by Crippen LogP contribution is 2.41. The summed E-state index contributed by atoms with van der Waals surface area (Å²) in [5.74, 6) is 1.49. The van der Waals surface area contributed by atoms with Crippen LogP contribution < -0.4 is 0 Å². The highest BCUT2D eigenvalue weighted by Gasteiger charge is 2.37. The molecule has 3 heterocycles. The van der Waals surface area contributed by atoms with E-state index in [2.05, 4.69) is 23.7 Å². The Morgan fingerprint density at radius 3 is 2.57 bits per heavy atom. The van der Waals surface area contributed by atoms with Gasteiger partial charge in [-0.25, -0.2) is 4.98 Å². The number of rotatable bonds is 3. The molecule has 0 aromatic carbocycles. The van der Waals surface area contributed by atoms with Crippen molar-refractivity contribution in [2.75, 3.05) is 26.7 Å². The molecule has 23 heavy (non-hydrogen) atoms. The lowest BCUT2D eigenvalue weighted by Gasteiger charge is -2.41. The van der Waals surface area contributed by atoms with Gasteiger partial charge < -0.3 is 9.32 Å². The van der Waals surface area contributed by atoms with Crippen molar-refractivity contribution in [3.63, 3.8) is 0 Å². The molecular formula is C18H29N3O2. The number of aromatic nitrogens is 1. The van der Waals surface area contributed by atoms with Crippen molar-refractivity contribution in [1.29, 1.82) is 0 Å². The molecule has 0 N–H and O–H groups in total. The largest absolute Gasteiger partial charge is 0.448 e. The van der Waals surface area contributed by atoms with E-state index in [1.165, 1.54) is 12.8 Å². The van der Waals surface area contributed by atoms with Crippen molar-refractivity contribution in [1.82, 2.24) is 14.8 Å². The predicted octanol–water partition coefficient (Wildman–Crippen LogP) is 3.02. The number of amides is 1. The summed E-state index contributed by atoms with van der Waals surface area (Å²) < 4.78 is 5.54. The minimum atomic E-state index is 0.313. The Balaban J connectivity index is 1.54. The van der Waals surface area contributed by atoms with Crippen LogP contribution in [0.15, 0.2) is 10.7 Å². The van der Waals surface area contributed by atoms with Crippen LogP contribution in [0, 0.1) is 5.41 Å². The summed E-state index contributed by atoms with van der Waals surface area (Å²) in [6.07, 6.45) is 7.14. The molecule has 1 amide bonds. The zero-order chi connectivity index (χ0) is 16.4. The van der Waals surface area contributed by atoms with Crippen LogP contribution in [0.3, 0.4) is 0 Å². The Labute approximate surface area is 139 Å². The molecule has 0 bridgehead atoms. The van der Waals surface area contributed by atoms with Crippen molar-refractivity contribution >= 4 is 5.91 Å². The highest BCUT2D eigenvalue weighted by atomic mass is 16.3. The fraction of sp³-hybridized carbons (Fsp3) is 0.778. The molecule has 1 spiro atoms. The summed E-state index contributed by atoms with van der Waals surface area (Å²) in [4.78, 5) is 20.9. The predicted molar refractivity (Wildman–Crippen MR) is 89.0 cm³/mol. The van der Waals surface area contributed by atoms with E-state index in [9.17, 15) is 4.79 Å². The second-order valence-electron chi connectivity index (χ2n) is 7.67. The summed E-state index contributed by atoms with van der Waals surface area (Å²) in [7, 11) is 1.94. The first-order valence-corrected chi connectivity index (χ1v) is 8.88. The van der Waals surface area contributed by atoms with E-state index >= 15 is 0 Å². The van der Waals surface area contributed by atoms with Crippen molar-refractivity contribution in [2.45, 2.75) is 58.4 Å². The van der Waals surface area contributed by atoms with Crippen LogP contribution in [-0.4, -0.2) is 47.4 Å². The van der Waals surface area contributed by atoms with Crippen LogP contribution in [0.5, 0.6) is 0 Å². The quantitative estimate of drug-likeness (QED) is 0.859. The summed E-state index contributed by atoms with van der Waals surface area (Å²) in [6.45, 7) is 8.20. The van der Waals surface area contributed by atoms with Gasteiger partial charge in [-0.1, -0.05) is 13.8 Å². The molecule has 0 radical (unpaired) electrons. The molecule has 2 fully saturated rings. The molecule has 0 aliphatic carbocycles. The van der Waals surface area contributed by atoms with Gasteiger partial charge in [-0.2, -0.15) is 0 Å². The van der Waals surface area contributed by atoms with E-state index in [0.717, 1.165) is 57.0 Å². The van der Waals surface area contributed by atoms with Crippen molar-refractivity contribution in [3.05, 3.63) is 17.8 Å². The summed E-state index contributed by atoms with van der Waals surface area (Å²) in [6, 6.07) is 0. The third-order valence-electron chi connectivity index (χ3n) is 5.64. The van der Waals surface area contributed by atoms with Gasteiger partial charge in [-0.3, -0.25) is 9.69 Å². The van der Waals surface area contributed by atoms with Gasteiger partial charge in [-0.05, 0) is 44.2 Å². The summed E-state index contributed by atoms with van der Waals surface area (Å²) >= 11 is 0. The zero-order valence-electron chi connectivity index (χ0n) is 14.7. The first-order valence-electron chi connectivity index (χ1n) is 8.88. The zero-order valence-corrected chi connectivity index (χ0v) is 14.7. The first kappa shape index (κ1) is 16.5. The third kappa shape index (κ3) is 3.77. The smallest absolute Gasteiger partial charge is 0.222 e. The topological polar surface area (TPSA) is 49.6 Å². The fourth-order valence-corrected chi connectivity index (χ4v) is 3.79.